The van der Waals surface area contributed by atoms with Gasteiger partial charge in [0.25, 0.3) is 0 Å². The second-order valence-electron chi connectivity index (χ2n) is 10.2. The first-order valence-electron chi connectivity index (χ1n) is 12.9. The normalized spacial score (nSPS) is 22.7. The Morgan fingerprint density at radius 1 is 0.943 bits per heavy atom. The minimum Gasteiger partial charge on any atom is -0.399 e. The molecule has 1 aromatic heterocycles. The molecule has 0 bridgehead atoms. The molecule has 1 unspecified atom stereocenters. The van der Waals surface area contributed by atoms with Gasteiger partial charge >= 0.3 is 0 Å². The summed E-state index contributed by atoms with van der Waals surface area (Å²) >= 11 is 0. The third-order valence-corrected chi connectivity index (χ3v) is 7.76. The van der Waals surface area contributed by atoms with Crippen molar-refractivity contribution in [1.82, 2.24) is 15.2 Å². The van der Waals surface area contributed by atoms with Gasteiger partial charge in [0.05, 0.1) is 11.9 Å². The van der Waals surface area contributed by atoms with Crippen molar-refractivity contribution in [1.29, 1.82) is 0 Å². The number of nitrogens with two attached hydrogens (primary N) is 1. The highest BCUT2D eigenvalue weighted by atomic mass is 16.2. The van der Waals surface area contributed by atoms with Crippen LogP contribution < -0.4 is 21.3 Å². The standard InChI is InChI=1S/C27H36N6O2/c28-21-1-4-23(5-2-21)33-15-9-19(10-16-33)18-32-13-11-20(12-14-32)24-6-3-22(17-29-24)30-25-7-8-26(34)31-27(25)35/h1-6,17,19-20,25,30H,7-16,18,28H2,(H,31,34,35). The van der Waals surface area contributed by atoms with E-state index in [0.717, 1.165) is 62.0 Å². The first-order valence-corrected chi connectivity index (χ1v) is 12.9. The van der Waals surface area contributed by atoms with E-state index in [1.807, 2.05) is 24.4 Å². The summed E-state index contributed by atoms with van der Waals surface area (Å²) in [6, 6.07) is 12.0. The Morgan fingerprint density at radius 2 is 1.69 bits per heavy atom. The topological polar surface area (TPSA) is 104 Å². The van der Waals surface area contributed by atoms with Crippen LogP contribution in [0.1, 0.15) is 50.1 Å². The van der Waals surface area contributed by atoms with Crippen LogP contribution in [-0.4, -0.2) is 60.5 Å². The van der Waals surface area contributed by atoms with Crippen LogP contribution in [0.3, 0.4) is 0 Å². The van der Waals surface area contributed by atoms with Crippen LogP contribution >= 0.6 is 0 Å². The van der Waals surface area contributed by atoms with E-state index >= 15 is 0 Å². The van der Waals surface area contributed by atoms with Crippen LogP contribution in [0.4, 0.5) is 17.1 Å². The average Bonchev–Trinajstić information content (AvgIpc) is 2.88. The molecule has 0 spiro atoms. The summed E-state index contributed by atoms with van der Waals surface area (Å²) in [4.78, 5) is 33.1. The molecule has 3 saturated heterocycles. The third-order valence-electron chi connectivity index (χ3n) is 7.76. The van der Waals surface area contributed by atoms with Gasteiger partial charge < -0.3 is 20.9 Å². The summed E-state index contributed by atoms with van der Waals surface area (Å²) in [5.74, 6) is 0.806. The lowest BCUT2D eigenvalue weighted by atomic mass is 9.90. The van der Waals surface area contributed by atoms with Crippen molar-refractivity contribution in [3.63, 3.8) is 0 Å². The number of anilines is 3. The number of imide groups is 1. The van der Waals surface area contributed by atoms with Crippen LogP contribution in [0.15, 0.2) is 42.6 Å². The number of carbonyl (C=O) groups excluding carboxylic acids is 2. The van der Waals surface area contributed by atoms with Gasteiger partial charge in [0.2, 0.25) is 11.8 Å². The minimum absolute atomic E-state index is 0.198. The van der Waals surface area contributed by atoms with Crippen LogP contribution in [0.2, 0.25) is 0 Å². The molecule has 2 amide bonds. The zero-order valence-corrected chi connectivity index (χ0v) is 20.3. The van der Waals surface area contributed by atoms with Gasteiger partial charge in [0.15, 0.2) is 0 Å². The number of aromatic nitrogens is 1. The summed E-state index contributed by atoms with van der Waals surface area (Å²) < 4.78 is 0. The Labute approximate surface area is 207 Å². The smallest absolute Gasteiger partial charge is 0.249 e. The second-order valence-corrected chi connectivity index (χ2v) is 10.2. The molecule has 8 nitrogen and oxygen atoms in total. The fourth-order valence-corrected chi connectivity index (χ4v) is 5.60. The predicted molar refractivity (Wildman–Crippen MR) is 138 cm³/mol. The Bertz CT molecular complexity index is 1010. The number of nitrogens with zero attached hydrogens (tertiary/aromatic N) is 3. The Balaban J connectivity index is 1.05. The Hall–Kier alpha value is -3.13. The maximum atomic E-state index is 12.0. The van der Waals surface area contributed by atoms with Crippen LogP contribution in [0.25, 0.3) is 0 Å². The molecule has 3 aliphatic rings. The number of nitrogens with one attached hydrogen (secondary N) is 2. The van der Waals surface area contributed by atoms with E-state index in [2.05, 4.69) is 38.6 Å². The molecule has 3 fully saturated rings. The van der Waals surface area contributed by atoms with Crippen molar-refractivity contribution < 1.29 is 9.59 Å². The molecule has 0 aliphatic carbocycles. The number of carbonyl (C=O) groups is 2. The lowest BCUT2D eigenvalue weighted by molar-refractivity contribution is -0.133. The predicted octanol–water partition coefficient (Wildman–Crippen LogP) is 2.98. The molecule has 4 N–H and O–H groups in total. The quantitative estimate of drug-likeness (QED) is 0.435. The molecule has 5 rings (SSSR count). The maximum Gasteiger partial charge on any atom is 0.249 e. The van der Waals surface area contributed by atoms with Gasteiger partial charge in [-0.2, -0.15) is 0 Å². The van der Waals surface area contributed by atoms with E-state index in [4.69, 9.17) is 10.7 Å². The van der Waals surface area contributed by atoms with Crippen molar-refractivity contribution in [2.45, 2.75) is 50.5 Å². The van der Waals surface area contributed by atoms with Gasteiger partial charge in [0, 0.05) is 49.0 Å². The van der Waals surface area contributed by atoms with Crippen LogP contribution in [0.5, 0.6) is 0 Å². The number of hydrogen-bond donors (Lipinski definition) is 3. The Morgan fingerprint density at radius 3 is 2.34 bits per heavy atom. The van der Waals surface area contributed by atoms with Crippen molar-refractivity contribution in [3.05, 3.63) is 48.3 Å². The van der Waals surface area contributed by atoms with Crippen molar-refractivity contribution in [2.24, 2.45) is 5.92 Å². The number of rotatable bonds is 6. The molecular weight excluding hydrogens is 440 g/mol. The lowest BCUT2D eigenvalue weighted by Crippen LogP contribution is -2.47. The van der Waals surface area contributed by atoms with E-state index in [1.54, 1.807) is 0 Å². The molecular formula is C27H36N6O2. The number of amides is 2. The molecule has 0 radical (unpaired) electrons. The monoisotopic (exact) mass is 476 g/mol. The number of hydrogen-bond acceptors (Lipinski definition) is 7. The third kappa shape index (κ3) is 5.93. The van der Waals surface area contributed by atoms with Crippen molar-refractivity contribution in [3.8, 4) is 0 Å². The summed E-state index contributed by atoms with van der Waals surface area (Å²) in [7, 11) is 0. The van der Waals surface area contributed by atoms with Gasteiger partial charge in [0.1, 0.15) is 6.04 Å². The minimum atomic E-state index is -0.373. The van der Waals surface area contributed by atoms with Gasteiger partial charge in [-0.15, -0.1) is 0 Å². The molecule has 186 valence electrons. The Kier molecular flexibility index (Phi) is 7.18. The fraction of sp³-hybridized carbons (Fsp3) is 0.519. The van der Waals surface area contributed by atoms with Gasteiger partial charge in [-0.1, -0.05) is 0 Å². The SMILES string of the molecule is Nc1ccc(N2CCC(CN3CCC(c4ccc(NC5CCC(=O)NC5=O)cn4)CC3)CC2)cc1. The van der Waals surface area contributed by atoms with Crippen LogP contribution in [-0.2, 0) is 9.59 Å². The average molecular weight is 477 g/mol. The lowest BCUT2D eigenvalue weighted by Gasteiger charge is -2.38. The van der Waals surface area contributed by atoms with Crippen LogP contribution in [0, 0.1) is 5.92 Å². The molecule has 4 heterocycles. The number of benzene rings is 1. The van der Waals surface area contributed by atoms with Crippen molar-refractivity contribution in [2.75, 3.05) is 48.7 Å². The van der Waals surface area contributed by atoms with E-state index in [9.17, 15) is 9.59 Å². The van der Waals surface area contributed by atoms with E-state index < -0.39 is 0 Å². The zero-order valence-electron chi connectivity index (χ0n) is 20.3. The molecule has 2 aromatic rings. The molecule has 3 aliphatic heterocycles. The summed E-state index contributed by atoms with van der Waals surface area (Å²) in [6.07, 6.45) is 7.47. The number of nitrogen functional groups attached to an aromatic ring is 1. The highest BCUT2D eigenvalue weighted by Gasteiger charge is 2.28. The zero-order chi connectivity index (χ0) is 24.2. The largest absolute Gasteiger partial charge is 0.399 e. The van der Waals surface area contributed by atoms with Gasteiger partial charge in [-0.25, -0.2) is 0 Å². The number of pyridine rings is 1. The maximum absolute atomic E-state index is 12.0. The van der Waals surface area contributed by atoms with Crippen molar-refractivity contribution >= 4 is 28.9 Å². The highest BCUT2D eigenvalue weighted by Crippen LogP contribution is 2.30. The first-order chi connectivity index (χ1) is 17.0. The van der Waals surface area contributed by atoms with E-state index in [0.29, 0.717) is 18.8 Å². The molecule has 1 aromatic carbocycles. The summed E-state index contributed by atoms with van der Waals surface area (Å²) in [6.45, 7) is 5.69. The summed E-state index contributed by atoms with van der Waals surface area (Å²) in [5.41, 5.74) is 9.89. The fourth-order valence-electron chi connectivity index (χ4n) is 5.60. The van der Waals surface area contributed by atoms with Gasteiger partial charge in [-0.05, 0) is 87.5 Å². The molecule has 35 heavy (non-hydrogen) atoms. The number of piperidine rings is 3. The number of likely N-dealkylation sites (tertiary alicyclic amines) is 1. The second kappa shape index (κ2) is 10.6. The molecule has 8 heteroatoms. The van der Waals surface area contributed by atoms with E-state index in [1.165, 1.54) is 25.1 Å². The highest BCUT2D eigenvalue weighted by molar-refractivity contribution is 6.01. The molecule has 1 atom stereocenters. The summed E-state index contributed by atoms with van der Waals surface area (Å²) in [5, 5.41) is 5.59. The molecule has 0 saturated carbocycles. The van der Waals surface area contributed by atoms with E-state index in [-0.39, 0.29) is 17.9 Å². The first kappa shape index (κ1) is 23.6. The van der Waals surface area contributed by atoms with Gasteiger partial charge in [-0.3, -0.25) is 19.9 Å².